The number of amides is 1. The fraction of sp³-hybridized carbons (Fsp3) is 0.643. The molecule has 1 aromatic rings. The van der Waals surface area contributed by atoms with Gasteiger partial charge in [-0.3, -0.25) is 4.79 Å². The number of hydrogen-bond donors (Lipinski definition) is 1. The van der Waals surface area contributed by atoms with E-state index >= 15 is 0 Å². The number of carbonyl (C=O) groups excluding carboxylic acids is 1. The van der Waals surface area contributed by atoms with E-state index < -0.39 is 0 Å². The van der Waals surface area contributed by atoms with Gasteiger partial charge in [-0.25, -0.2) is 0 Å². The summed E-state index contributed by atoms with van der Waals surface area (Å²) >= 11 is 3.72. The molecule has 0 saturated carbocycles. The molecule has 1 amide bonds. The van der Waals surface area contributed by atoms with E-state index in [1.165, 1.54) is 16.2 Å². The highest BCUT2D eigenvalue weighted by Gasteiger charge is 2.38. The molecule has 4 heterocycles. The normalized spacial score (nSPS) is 29.4. The van der Waals surface area contributed by atoms with E-state index in [0.29, 0.717) is 11.8 Å². The average Bonchev–Trinajstić information content (AvgIpc) is 3.10. The summed E-state index contributed by atoms with van der Waals surface area (Å²) in [5, 5.41) is 3.43. The Morgan fingerprint density at radius 1 is 1.32 bits per heavy atom. The van der Waals surface area contributed by atoms with Gasteiger partial charge in [0.15, 0.2) is 0 Å². The van der Waals surface area contributed by atoms with Gasteiger partial charge in [-0.05, 0) is 35.6 Å². The van der Waals surface area contributed by atoms with Gasteiger partial charge >= 0.3 is 0 Å². The highest BCUT2D eigenvalue weighted by Crippen LogP contribution is 2.34. The summed E-state index contributed by atoms with van der Waals surface area (Å²) in [5.74, 6) is 3.96. The summed E-state index contributed by atoms with van der Waals surface area (Å²) in [6.07, 6.45) is 1.15. The number of rotatable bonds is 1. The molecule has 3 aliphatic rings. The quantitative estimate of drug-likeness (QED) is 0.857. The third-order valence-electron chi connectivity index (χ3n) is 4.52. The van der Waals surface area contributed by atoms with Crippen LogP contribution >= 0.6 is 23.1 Å². The van der Waals surface area contributed by atoms with Crippen LogP contribution in [0.25, 0.3) is 0 Å². The first-order valence-corrected chi connectivity index (χ1v) is 8.97. The minimum absolute atomic E-state index is 0.277. The van der Waals surface area contributed by atoms with Gasteiger partial charge in [0, 0.05) is 36.8 Å². The van der Waals surface area contributed by atoms with E-state index in [9.17, 15) is 4.79 Å². The molecule has 0 aliphatic carbocycles. The number of hydrogen-bond acceptors (Lipinski definition) is 4. The largest absolute Gasteiger partial charge is 0.337 e. The SMILES string of the molecule is O=C(c1cc2c(s1)CCSC2)N1C[C@H]2CNC[C@H]2C1. The summed E-state index contributed by atoms with van der Waals surface area (Å²) in [7, 11) is 0. The van der Waals surface area contributed by atoms with E-state index in [-0.39, 0.29) is 5.91 Å². The molecule has 102 valence electrons. The monoisotopic (exact) mass is 294 g/mol. The van der Waals surface area contributed by atoms with Crippen LogP contribution in [-0.2, 0) is 12.2 Å². The Labute approximate surface area is 121 Å². The Morgan fingerprint density at radius 3 is 2.84 bits per heavy atom. The highest BCUT2D eigenvalue weighted by molar-refractivity contribution is 7.98. The lowest BCUT2D eigenvalue weighted by Crippen LogP contribution is -2.31. The van der Waals surface area contributed by atoms with E-state index in [4.69, 9.17) is 0 Å². The lowest BCUT2D eigenvalue weighted by molar-refractivity contribution is 0.0786. The van der Waals surface area contributed by atoms with Crippen molar-refractivity contribution in [2.75, 3.05) is 31.9 Å². The van der Waals surface area contributed by atoms with Gasteiger partial charge in [-0.15, -0.1) is 11.3 Å². The fourth-order valence-electron chi connectivity index (χ4n) is 3.43. The second-order valence-electron chi connectivity index (χ2n) is 5.75. The standard InChI is InChI=1S/C14H18N2OS2/c17-14(16-6-10-4-15-5-11(10)7-16)13-3-9-8-18-2-1-12(9)19-13/h3,10-11,15H,1-2,4-8H2/t10-,11+. The molecular weight excluding hydrogens is 276 g/mol. The maximum atomic E-state index is 12.6. The second kappa shape index (κ2) is 4.79. The molecule has 0 radical (unpaired) electrons. The molecule has 0 unspecified atom stereocenters. The van der Waals surface area contributed by atoms with Crippen molar-refractivity contribution in [3.8, 4) is 0 Å². The van der Waals surface area contributed by atoms with Crippen molar-refractivity contribution in [3.63, 3.8) is 0 Å². The third kappa shape index (κ3) is 2.12. The maximum Gasteiger partial charge on any atom is 0.263 e. The second-order valence-corrected chi connectivity index (χ2v) is 7.99. The molecule has 2 saturated heterocycles. The Balaban J connectivity index is 1.53. The molecule has 0 bridgehead atoms. The molecular formula is C14H18N2OS2. The molecule has 19 heavy (non-hydrogen) atoms. The van der Waals surface area contributed by atoms with Crippen molar-refractivity contribution in [1.29, 1.82) is 0 Å². The maximum absolute atomic E-state index is 12.6. The van der Waals surface area contributed by atoms with Crippen LogP contribution in [0.15, 0.2) is 6.07 Å². The Kier molecular flexibility index (Phi) is 3.09. The number of fused-ring (bicyclic) bond motifs is 2. The first-order chi connectivity index (χ1) is 9.31. The van der Waals surface area contributed by atoms with Crippen molar-refractivity contribution >= 4 is 29.0 Å². The number of carbonyl (C=O) groups is 1. The van der Waals surface area contributed by atoms with Crippen LogP contribution in [-0.4, -0.2) is 42.7 Å². The number of nitrogens with one attached hydrogen (secondary N) is 1. The number of likely N-dealkylation sites (tertiary alicyclic amines) is 1. The molecule has 0 spiro atoms. The Hall–Kier alpha value is -0.520. The average molecular weight is 294 g/mol. The van der Waals surface area contributed by atoms with E-state index in [0.717, 1.165) is 43.2 Å². The Morgan fingerprint density at radius 2 is 2.11 bits per heavy atom. The summed E-state index contributed by atoms with van der Waals surface area (Å²) in [6.45, 7) is 4.08. The van der Waals surface area contributed by atoms with Crippen molar-refractivity contribution in [1.82, 2.24) is 10.2 Å². The van der Waals surface area contributed by atoms with E-state index in [1.807, 2.05) is 11.8 Å². The van der Waals surface area contributed by atoms with Gasteiger partial charge in [0.2, 0.25) is 0 Å². The minimum atomic E-state index is 0.277. The van der Waals surface area contributed by atoms with Crippen LogP contribution < -0.4 is 5.32 Å². The molecule has 1 N–H and O–H groups in total. The number of thiophene rings is 1. The molecule has 2 fully saturated rings. The Bertz CT molecular complexity index is 478. The molecule has 0 aromatic carbocycles. The van der Waals surface area contributed by atoms with Crippen LogP contribution in [0, 0.1) is 11.8 Å². The van der Waals surface area contributed by atoms with E-state index in [2.05, 4.69) is 16.3 Å². The van der Waals surface area contributed by atoms with Gasteiger partial charge in [0.05, 0.1) is 4.88 Å². The number of thioether (sulfide) groups is 1. The van der Waals surface area contributed by atoms with Crippen LogP contribution in [0.1, 0.15) is 20.1 Å². The van der Waals surface area contributed by atoms with Gasteiger partial charge in [0.1, 0.15) is 0 Å². The van der Waals surface area contributed by atoms with Gasteiger partial charge in [0.25, 0.3) is 5.91 Å². The van der Waals surface area contributed by atoms with Crippen LogP contribution in [0.4, 0.5) is 0 Å². The minimum Gasteiger partial charge on any atom is -0.337 e. The first-order valence-electron chi connectivity index (χ1n) is 7.00. The van der Waals surface area contributed by atoms with Crippen molar-refractivity contribution in [3.05, 3.63) is 21.4 Å². The zero-order valence-corrected chi connectivity index (χ0v) is 12.5. The van der Waals surface area contributed by atoms with Crippen molar-refractivity contribution < 1.29 is 4.79 Å². The fourth-order valence-corrected chi connectivity index (χ4v) is 5.77. The smallest absolute Gasteiger partial charge is 0.263 e. The topological polar surface area (TPSA) is 32.3 Å². The van der Waals surface area contributed by atoms with Crippen molar-refractivity contribution in [2.24, 2.45) is 11.8 Å². The number of nitrogens with zero attached hydrogens (tertiary/aromatic N) is 1. The molecule has 3 nitrogen and oxygen atoms in total. The lowest BCUT2D eigenvalue weighted by Gasteiger charge is -2.16. The summed E-state index contributed by atoms with van der Waals surface area (Å²) in [4.78, 5) is 17.1. The third-order valence-corrected chi connectivity index (χ3v) is 6.75. The molecule has 4 rings (SSSR count). The van der Waals surface area contributed by atoms with Crippen LogP contribution in [0.2, 0.25) is 0 Å². The zero-order chi connectivity index (χ0) is 12.8. The predicted octanol–water partition coefficient (Wildman–Crippen LogP) is 1.83. The van der Waals surface area contributed by atoms with Crippen LogP contribution in [0.3, 0.4) is 0 Å². The highest BCUT2D eigenvalue weighted by atomic mass is 32.2. The molecule has 1 aromatic heterocycles. The summed E-state index contributed by atoms with van der Waals surface area (Å²) in [5.41, 5.74) is 1.41. The first kappa shape index (κ1) is 12.2. The molecule has 3 aliphatic heterocycles. The van der Waals surface area contributed by atoms with Gasteiger partial charge in [-0.2, -0.15) is 11.8 Å². The lowest BCUT2D eigenvalue weighted by atomic mass is 10.0. The molecule has 5 heteroatoms. The zero-order valence-electron chi connectivity index (χ0n) is 10.9. The van der Waals surface area contributed by atoms with E-state index in [1.54, 1.807) is 11.3 Å². The van der Waals surface area contributed by atoms with Gasteiger partial charge in [-0.1, -0.05) is 0 Å². The molecule has 2 atom stereocenters. The van der Waals surface area contributed by atoms with Crippen molar-refractivity contribution in [2.45, 2.75) is 12.2 Å². The summed E-state index contributed by atoms with van der Waals surface area (Å²) in [6, 6.07) is 2.15. The number of aryl methyl sites for hydroxylation is 1. The van der Waals surface area contributed by atoms with Gasteiger partial charge < -0.3 is 10.2 Å². The van der Waals surface area contributed by atoms with Crippen LogP contribution in [0.5, 0.6) is 0 Å². The predicted molar refractivity (Wildman–Crippen MR) is 79.9 cm³/mol. The summed E-state index contributed by atoms with van der Waals surface area (Å²) < 4.78 is 0.